The lowest BCUT2D eigenvalue weighted by Gasteiger charge is -2.05. The van der Waals surface area contributed by atoms with Gasteiger partial charge < -0.3 is 11.1 Å². The van der Waals surface area contributed by atoms with Crippen LogP contribution in [-0.4, -0.2) is 22.6 Å². The molecule has 0 spiro atoms. The Morgan fingerprint density at radius 2 is 2.29 bits per heavy atom. The van der Waals surface area contributed by atoms with Crippen LogP contribution in [0.25, 0.3) is 10.9 Å². The quantitative estimate of drug-likeness (QED) is 0.685. The molecule has 0 aliphatic rings. The molecule has 2 aromatic rings. The molecular formula is C12H16N4O. The summed E-state index contributed by atoms with van der Waals surface area (Å²) in [5.41, 5.74) is 7.10. The summed E-state index contributed by atoms with van der Waals surface area (Å²) in [6.07, 6.45) is 3.92. The van der Waals surface area contributed by atoms with Gasteiger partial charge in [-0.1, -0.05) is 6.07 Å². The van der Waals surface area contributed by atoms with Gasteiger partial charge in [-0.25, -0.2) is 0 Å². The maximum Gasteiger partial charge on any atom is 0.224 e. The number of unbranched alkanes of at least 4 members (excludes halogenated alkanes) is 1. The van der Waals surface area contributed by atoms with E-state index >= 15 is 0 Å². The third-order valence-electron chi connectivity index (χ3n) is 2.62. The monoisotopic (exact) mass is 232 g/mol. The number of carbonyl (C=O) groups excluding carboxylic acids is 1. The molecule has 1 aromatic heterocycles. The van der Waals surface area contributed by atoms with Crippen molar-refractivity contribution in [1.29, 1.82) is 0 Å². The summed E-state index contributed by atoms with van der Waals surface area (Å²) >= 11 is 0. The van der Waals surface area contributed by atoms with Crippen molar-refractivity contribution in [1.82, 2.24) is 10.2 Å². The molecule has 4 N–H and O–H groups in total. The molecule has 0 atom stereocenters. The van der Waals surface area contributed by atoms with E-state index in [1.807, 2.05) is 18.2 Å². The minimum absolute atomic E-state index is 0.0205. The third kappa shape index (κ3) is 2.82. The van der Waals surface area contributed by atoms with Crippen LogP contribution in [0.2, 0.25) is 0 Å². The second-order valence-electron chi connectivity index (χ2n) is 3.93. The van der Waals surface area contributed by atoms with Crippen LogP contribution in [0.4, 0.5) is 5.69 Å². The van der Waals surface area contributed by atoms with Gasteiger partial charge >= 0.3 is 0 Å². The zero-order valence-corrected chi connectivity index (χ0v) is 9.57. The van der Waals surface area contributed by atoms with Crippen molar-refractivity contribution in [3.05, 3.63) is 24.4 Å². The summed E-state index contributed by atoms with van der Waals surface area (Å²) in [6, 6.07) is 5.68. The summed E-state index contributed by atoms with van der Waals surface area (Å²) in [7, 11) is 0. The lowest BCUT2D eigenvalue weighted by molar-refractivity contribution is -0.116. The predicted octanol–water partition coefficient (Wildman–Crippen LogP) is 1.63. The van der Waals surface area contributed by atoms with E-state index in [4.69, 9.17) is 5.73 Å². The maximum absolute atomic E-state index is 11.7. The number of fused-ring (bicyclic) bond motifs is 1. The molecule has 1 heterocycles. The minimum atomic E-state index is 0.0205. The number of H-pyrrole nitrogens is 1. The molecule has 0 unspecified atom stereocenters. The molecule has 0 saturated heterocycles. The molecule has 1 aromatic carbocycles. The van der Waals surface area contributed by atoms with Crippen LogP contribution in [-0.2, 0) is 4.79 Å². The number of nitrogens with one attached hydrogen (secondary N) is 2. The van der Waals surface area contributed by atoms with Crippen LogP contribution in [0.3, 0.4) is 0 Å². The number of nitrogens with zero attached hydrogens (tertiary/aromatic N) is 1. The fourth-order valence-corrected chi connectivity index (χ4v) is 1.72. The summed E-state index contributed by atoms with van der Waals surface area (Å²) < 4.78 is 0. The summed E-state index contributed by atoms with van der Waals surface area (Å²) in [6.45, 7) is 0.630. The van der Waals surface area contributed by atoms with Crippen molar-refractivity contribution in [3.8, 4) is 0 Å². The molecule has 0 radical (unpaired) electrons. The first kappa shape index (κ1) is 11.6. The van der Waals surface area contributed by atoms with Crippen molar-refractivity contribution in [3.63, 3.8) is 0 Å². The van der Waals surface area contributed by atoms with Crippen LogP contribution >= 0.6 is 0 Å². The Hall–Kier alpha value is -1.88. The van der Waals surface area contributed by atoms with Gasteiger partial charge in [0.05, 0.1) is 17.4 Å². The van der Waals surface area contributed by atoms with Gasteiger partial charge in [0.2, 0.25) is 5.91 Å². The van der Waals surface area contributed by atoms with Gasteiger partial charge in [-0.2, -0.15) is 5.10 Å². The van der Waals surface area contributed by atoms with Crippen molar-refractivity contribution in [2.75, 3.05) is 11.9 Å². The summed E-state index contributed by atoms with van der Waals surface area (Å²) in [5, 5.41) is 10.6. The normalized spacial score (nSPS) is 10.6. The Morgan fingerprint density at radius 1 is 1.41 bits per heavy atom. The standard InChI is InChI=1S/C12H16N4O/c13-7-2-1-6-12(17)15-10-4-3-5-11-9(10)8-14-16-11/h3-5,8H,1-2,6-7,13H2,(H,14,16)(H,15,17). The molecule has 90 valence electrons. The number of nitrogens with two attached hydrogens (primary N) is 1. The largest absolute Gasteiger partial charge is 0.330 e. The molecule has 5 nitrogen and oxygen atoms in total. The van der Waals surface area contributed by atoms with Crippen molar-refractivity contribution in [2.24, 2.45) is 5.73 Å². The Labute approximate surface area is 99.4 Å². The number of benzene rings is 1. The number of aromatic amines is 1. The second-order valence-corrected chi connectivity index (χ2v) is 3.93. The predicted molar refractivity (Wildman–Crippen MR) is 67.6 cm³/mol. The number of hydrogen-bond acceptors (Lipinski definition) is 3. The number of hydrogen-bond donors (Lipinski definition) is 3. The van der Waals surface area contributed by atoms with E-state index in [0.29, 0.717) is 13.0 Å². The highest BCUT2D eigenvalue weighted by atomic mass is 16.1. The summed E-state index contributed by atoms with van der Waals surface area (Å²) in [5.74, 6) is 0.0205. The molecule has 2 rings (SSSR count). The molecule has 0 saturated carbocycles. The number of carbonyl (C=O) groups is 1. The Morgan fingerprint density at radius 3 is 3.12 bits per heavy atom. The SMILES string of the molecule is NCCCCC(=O)Nc1cccc2[nH]ncc12. The smallest absolute Gasteiger partial charge is 0.224 e. The van der Waals surface area contributed by atoms with E-state index in [1.165, 1.54) is 0 Å². The van der Waals surface area contributed by atoms with Crippen molar-refractivity contribution < 1.29 is 4.79 Å². The van der Waals surface area contributed by atoms with Gasteiger partial charge in [-0.15, -0.1) is 0 Å². The molecule has 1 amide bonds. The highest BCUT2D eigenvalue weighted by Crippen LogP contribution is 2.21. The molecule has 0 fully saturated rings. The van der Waals surface area contributed by atoms with Crippen molar-refractivity contribution >= 4 is 22.5 Å². The number of aromatic nitrogens is 2. The van der Waals surface area contributed by atoms with Gasteiger partial charge in [0.15, 0.2) is 0 Å². The fraction of sp³-hybridized carbons (Fsp3) is 0.333. The lowest BCUT2D eigenvalue weighted by atomic mass is 10.2. The molecular weight excluding hydrogens is 216 g/mol. The highest BCUT2D eigenvalue weighted by Gasteiger charge is 2.06. The molecule has 0 aliphatic heterocycles. The minimum Gasteiger partial charge on any atom is -0.330 e. The van der Waals surface area contributed by atoms with E-state index in [9.17, 15) is 4.79 Å². The average Bonchev–Trinajstić information content (AvgIpc) is 2.78. The number of rotatable bonds is 5. The second kappa shape index (κ2) is 5.45. The van der Waals surface area contributed by atoms with Gasteiger partial charge in [0.1, 0.15) is 0 Å². The van der Waals surface area contributed by atoms with Crippen LogP contribution in [0, 0.1) is 0 Å². The summed E-state index contributed by atoms with van der Waals surface area (Å²) in [4.78, 5) is 11.7. The first-order valence-corrected chi connectivity index (χ1v) is 5.73. The van der Waals surface area contributed by atoms with Crippen LogP contribution in [0.1, 0.15) is 19.3 Å². The topological polar surface area (TPSA) is 83.8 Å². The van der Waals surface area contributed by atoms with E-state index in [2.05, 4.69) is 15.5 Å². The first-order chi connectivity index (χ1) is 8.31. The molecule has 0 bridgehead atoms. The van der Waals surface area contributed by atoms with E-state index in [-0.39, 0.29) is 5.91 Å². The van der Waals surface area contributed by atoms with Gasteiger partial charge in [-0.05, 0) is 31.5 Å². The Bertz CT molecular complexity index is 506. The van der Waals surface area contributed by atoms with Gasteiger partial charge in [0.25, 0.3) is 0 Å². The molecule has 0 aliphatic carbocycles. The fourth-order valence-electron chi connectivity index (χ4n) is 1.72. The Balaban J connectivity index is 2.03. The Kier molecular flexibility index (Phi) is 3.72. The number of amides is 1. The van der Waals surface area contributed by atoms with Crippen LogP contribution in [0.15, 0.2) is 24.4 Å². The third-order valence-corrected chi connectivity index (χ3v) is 2.62. The average molecular weight is 232 g/mol. The molecule has 17 heavy (non-hydrogen) atoms. The first-order valence-electron chi connectivity index (χ1n) is 5.73. The van der Waals surface area contributed by atoms with Crippen LogP contribution < -0.4 is 11.1 Å². The number of anilines is 1. The van der Waals surface area contributed by atoms with Crippen molar-refractivity contribution in [2.45, 2.75) is 19.3 Å². The van der Waals surface area contributed by atoms with Crippen LogP contribution in [0.5, 0.6) is 0 Å². The van der Waals surface area contributed by atoms with E-state index in [0.717, 1.165) is 29.4 Å². The van der Waals surface area contributed by atoms with E-state index < -0.39 is 0 Å². The highest BCUT2D eigenvalue weighted by molar-refractivity contribution is 6.00. The van der Waals surface area contributed by atoms with E-state index in [1.54, 1.807) is 6.20 Å². The van der Waals surface area contributed by atoms with Gasteiger partial charge in [-0.3, -0.25) is 9.89 Å². The molecule has 5 heteroatoms. The lowest BCUT2D eigenvalue weighted by Crippen LogP contribution is -2.12. The zero-order valence-electron chi connectivity index (χ0n) is 9.57. The van der Waals surface area contributed by atoms with Gasteiger partial charge in [0, 0.05) is 11.8 Å². The zero-order chi connectivity index (χ0) is 12.1. The maximum atomic E-state index is 11.7.